The number of nitrogens with zero attached hydrogens (tertiary/aromatic N) is 3. The number of aromatic nitrogens is 1. The van der Waals surface area contributed by atoms with Crippen molar-refractivity contribution in [2.24, 2.45) is 11.0 Å². The van der Waals surface area contributed by atoms with Crippen LogP contribution in [0.4, 0.5) is 0 Å². The second-order valence-electron chi connectivity index (χ2n) is 5.95. The van der Waals surface area contributed by atoms with Crippen LogP contribution in [0, 0.1) is 5.92 Å². The monoisotopic (exact) mass is 336 g/mol. The van der Waals surface area contributed by atoms with Crippen molar-refractivity contribution in [3.05, 3.63) is 66.0 Å². The number of piperidine rings is 1. The Morgan fingerprint density at radius 2 is 1.76 bits per heavy atom. The van der Waals surface area contributed by atoms with Gasteiger partial charge in [0.05, 0.1) is 6.21 Å². The number of benzene rings is 1. The first-order chi connectivity index (χ1) is 12.2. The molecule has 2 heterocycles. The van der Waals surface area contributed by atoms with Crippen molar-refractivity contribution in [2.45, 2.75) is 12.8 Å². The maximum absolute atomic E-state index is 12.4. The molecule has 1 fully saturated rings. The van der Waals surface area contributed by atoms with Crippen LogP contribution in [0.5, 0.6) is 0 Å². The predicted molar refractivity (Wildman–Crippen MR) is 95.0 cm³/mol. The fourth-order valence-corrected chi connectivity index (χ4v) is 2.82. The van der Waals surface area contributed by atoms with Gasteiger partial charge in [0, 0.05) is 37.0 Å². The highest BCUT2D eigenvalue weighted by Gasteiger charge is 2.27. The van der Waals surface area contributed by atoms with E-state index in [1.165, 1.54) is 0 Å². The standard InChI is InChI=1S/C19H20N4O2/c24-18(22-21-14-15-6-10-20-11-7-15)16-8-12-23(13-9-16)19(25)17-4-2-1-3-5-17/h1-7,10-11,14,16H,8-9,12-13H2,(H,22,24)/b21-14-. The molecule has 128 valence electrons. The fraction of sp³-hybridized carbons (Fsp3) is 0.263. The molecule has 1 aliphatic heterocycles. The van der Waals surface area contributed by atoms with Crippen molar-refractivity contribution in [1.29, 1.82) is 0 Å². The fourth-order valence-electron chi connectivity index (χ4n) is 2.82. The summed E-state index contributed by atoms with van der Waals surface area (Å²) >= 11 is 0. The van der Waals surface area contributed by atoms with Crippen LogP contribution in [0.1, 0.15) is 28.8 Å². The third kappa shape index (κ3) is 4.50. The first-order valence-electron chi connectivity index (χ1n) is 8.31. The van der Waals surface area contributed by atoms with Crippen molar-refractivity contribution in [3.8, 4) is 0 Å². The summed E-state index contributed by atoms with van der Waals surface area (Å²) in [6.45, 7) is 1.17. The Balaban J connectivity index is 1.48. The van der Waals surface area contributed by atoms with Crippen molar-refractivity contribution in [1.82, 2.24) is 15.3 Å². The Labute approximate surface area is 146 Å². The lowest BCUT2D eigenvalue weighted by atomic mass is 9.95. The number of carbonyl (C=O) groups excluding carboxylic acids is 2. The van der Waals surface area contributed by atoms with Crippen LogP contribution >= 0.6 is 0 Å². The highest BCUT2D eigenvalue weighted by molar-refractivity contribution is 5.94. The van der Waals surface area contributed by atoms with Crippen molar-refractivity contribution >= 4 is 18.0 Å². The smallest absolute Gasteiger partial charge is 0.253 e. The highest BCUT2D eigenvalue weighted by atomic mass is 16.2. The van der Waals surface area contributed by atoms with Crippen LogP contribution in [-0.2, 0) is 4.79 Å². The number of amides is 2. The number of rotatable bonds is 4. The summed E-state index contributed by atoms with van der Waals surface area (Å²) in [6, 6.07) is 12.8. The molecule has 0 unspecified atom stereocenters. The van der Waals surface area contributed by atoms with E-state index in [0.29, 0.717) is 31.5 Å². The molecular weight excluding hydrogens is 316 g/mol. The third-order valence-electron chi connectivity index (χ3n) is 4.27. The molecule has 0 atom stereocenters. The van der Waals surface area contributed by atoms with Crippen molar-refractivity contribution in [3.63, 3.8) is 0 Å². The zero-order valence-corrected chi connectivity index (χ0v) is 13.8. The number of hydrogen-bond donors (Lipinski definition) is 1. The Hall–Kier alpha value is -3.02. The van der Waals surface area contributed by atoms with Crippen LogP contribution in [-0.4, -0.2) is 41.0 Å². The van der Waals surface area contributed by atoms with Gasteiger partial charge in [-0.3, -0.25) is 14.6 Å². The molecule has 2 amide bonds. The minimum atomic E-state index is -0.116. The van der Waals surface area contributed by atoms with Gasteiger partial charge in [0.1, 0.15) is 0 Å². The van der Waals surface area contributed by atoms with Gasteiger partial charge in [-0.1, -0.05) is 18.2 Å². The molecule has 1 saturated heterocycles. The Bertz CT molecular complexity index is 739. The third-order valence-corrected chi connectivity index (χ3v) is 4.27. The zero-order valence-electron chi connectivity index (χ0n) is 13.8. The van der Waals surface area contributed by atoms with Crippen LogP contribution in [0.2, 0.25) is 0 Å². The molecule has 2 aromatic rings. The number of hydrazone groups is 1. The minimum Gasteiger partial charge on any atom is -0.339 e. The molecule has 1 N–H and O–H groups in total. The Kier molecular flexibility index (Phi) is 5.51. The lowest BCUT2D eigenvalue weighted by Gasteiger charge is -2.31. The van der Waals surface area contributed by atoms with E-state index in [9.17, 15) is 9.59 Å². The zero-order chi connectivity index (χ0) is 17.5. The summed E-state index contributed by atoms with van der Waals surface area (Å²) in [5.74, 6) is -0.193. The normalized spacial score (nSPS) is 15.3. The Morgan fingerprint density at radius 3 is 2.44 bits per heavy atom. The second kappa shape index (κ2) is 8.19. The maximum Gasteiger partial charge on any atom is 0.253 e. The molecule has 1 aliphatic rings. The summed E-state index contributed by atoms with van der Waals surface area (Å²) in [6.07, 6.45) is 6.23. The van der Waals surface area contributed by atoms with Crippen LogP contribution in [0.25, 0.3) is 0 Å². The molecular formula is C19H20N4O2. The molecule has 25 heavy (non-hydrogen) atoms. The van der Waals surface area contributed by atoms with Gasteiger partial charge in [0.15, 0.2) is 0 Å². The first kappa shape index (κ1) is 16.8. The van der Waals surface area contributed by atoms with E-state index in [0.717, 1.165) is 5.56 Å². The van der Waals surface area contributed by atoms with Gasteiger partial charge in [-0.05, 0) is 42.7 Å². The Morgan fingerprint density at radius 1 is 1.08 bits per heavy atom. The average Bonchev–Trinajstić information content (AvgIpc) is 2.69. The quantitative estimate of drug-likeness (QED) is 0.686. The summed E-state index contributed by atoms with van der Waals surface area (Å²) in [4.78, 5) is 30.3. The maximum atomic E-state index is 12.4. The summed E-state index contributed by atoms with van der Waals surface area (Å²) in [5, 5.41) is 3.99. The van der Waals surface area contributed by atoms with Crippen LogP contribution in [0.3, 0.4) is 0 Å². The van der Waals surface area contributed by atoms with Gasteiger partial charge >= 0.3 is 0 Å². The molecule has 6 nitrogen and oxygen atoms in total. The van der Waals surface area contributed by atoms with Crippen LogP contribution < -0.4 is 5.43 Å². The lowest BCUT2D eigenvalue weighted by Crippen LogP contribution is -2.42. The number of hydrogen-bond acceptors (Lipinski definition) is 4. The SMILES string of the molecule is O=C(N/N=C\c1ccncc1)C1CCN(C(=O)c2ccccc2)CC1. The molecule has 0 aliphatic carbocycles. The molecule has 3 rings (SSSR count). The highest BCUT2D eigenvalue weighted by Crippen LogP contribution is 2.19. The number of carbonyl (C=O) groups is 2. The van der Waals surface area contributed by atoms with Gasteiger partial charge < -0.3 is 4.90 Å². The van der Waals surface area contributed by atoms with Gasteiger partial charge in [-0.25, -0.2) is 5.43 Å². The molecule has 0 spiro atoms. The van der Waals surface area contributed by atoms with E-state index in [4.69, 9.17) is 0 Å². The van der Waals surface area contributed by atoms with Crippen LogP contribution in [0.15, 0.2) is 60.0 Å². The predicted octanol–water partition coefficient (Wildman–Crippen LogP) is 2.08. The molecule has 6 heteroatoms. The largest absolute Gasteiger partial charge is 0.339 e. The molecule has 0 radical (unpaired) electrons. The molecule has 1 aromatic heterocycles. The minimum absolute atomic E-state index is 0.0233. The van der Waals surface area contributed by atoms with Gasteiger partial charge in [-0.15, -0.1) is 0 Å². The lowest BCUT2D eigenvalue weighted by molar-refractivity contribution is -0.126. The number of likely N-dealkylation sites (tertiary alicyclic amines) is 1. The van der Waals surface area contributed by atoms with Crippen molar-refractivity contribution in [2.75, 3.05) is 13.1 Å². The summed E-state index contributed by atoms with van der Waals surface area (Å²) < 4.78 is 0. The first-order valence-corrected chi connectivity index (χ1v) is 8.31. The number of pyridine rings is 1. The van der Waals surface area contributed by atoms with E-state index in [1.807, 2.05) is 42.5 Å². The van der Waals surface area contributed by atoms with E-state index in [-0.39, 0.29) is 17.7 Å². The number of nitrogens with one attached hydrogen (secondary N) is 1. The summed E-state index contributed by atoms with van der Waals surface area (Å²) in [5.41, 5.74) is 4.14. The summed E-state index contributed by atoms with van der Waals surface area (Å²) in [7, 11) is 0. The van der Waals surface area contributed by atoms with Gasteiger partial charge in [0.25, 0.3) is 5.91 Å². The van der Waals surface area contributed by atoms with E-state index >= 15 is 0 Å². The van der Waals surface area contributed by atoms with E-state index in [2.05, 4.69) is 15.5 Å². The molecule has 0 bridgehead atoms. The van der Waals surface area contributed by atoms with Gasteiger partial charge in [0.2, 0.25) is 5.91 Å². The van der Waals surface area contributed by atoms with E-state index in [1.54, 1.807) is 23.5 Å². The second-order valence-corrected chi connectivity index (χ2v) is 5.95. The average molecular weight is 336 g/mol. The topological polar surface area (TPSA) is 74.7 Å². The van der Waals surface area contributed by atoms with Gasteiger partial charge in [-0.2, -0.15) is 5.10 Å². The van der Waals surface area contributed by atoms with Crippen molar-refractivity contribution < 1.29 is 9.59 Å². The van der Waals surface area contributed by atoms with E-state index < -0.39 is 0 Å². The molecule has 0 saturated carbocycles. The molecule has 1 aromatic carbocycles.